The second-order valence-corrected chi connectivity index (χ2v) is 3.91. The molecule has 2 N–H and O–H groups in total. The first-order chi connectivity index (χ1) is 6.31. The maximum Gasteiger partial charge on any atom is 0.0372 e. The van der Waals surface area contributed by atoms with Crippen molar-refractivity contribution in [3.63, 3.8) is 0 Å². The second-order valence-electron chi connectivity index (χ2n) is 3.91. The number of hydrogen-bond donors (Lipinski definition) is 1. The van der Waals surface area contributed by atoms with Crippen LogP contribution in [0.1, 0.15) is 30.0 Å². The van der Waals surface area contributed by atoms with Crippen molar-refractivity contribution in [3.8, 4) is 0 Å². The molecule has 1 saturated carbocycles. The molecule has 2 rings (SSSR count). The SMILES string of the molecule is Cc1ccc(C(CN)C2CC2)cn1. The fourth-order valence-electron chi connectivity index (χ4n) is 1.80. The van der Waals surface area contributed by atoms with E-state index in [1.807, 2.05) is 13.1 Å². The molecule has 0 saturated heterocycles. The van der Waals surface area contributed by atoms with E-state index in [-0.39, 0.29) is 0 Å². The summed E-state index contributed by atoms with van der Waals surface area (Å²) in [6.07, 6.45) is 4.66. The number of hydrogen-bond acceptors (Lipinski definition) is 2. The third kappa shape index (κ3) is 1.89. The Balaban J connectivity index is 2.17. The average Bonchev–Trinajstić information content (AvgIpc) is 2.93. The molecule has 0 aromatic carbocycles. The third-order valence-corrected chi connectivity index (χ3v) is 2.81. The van der Waals surface area contributed by atoms with Crippen LogP contribution in [0.15, 0.2) is 18.3 Å². The molecule has 1 heterocycles. The van der Waals surface area contributed by atoms with Crippen LogP contribution in [0.2, 0.25) is 0 Å². The van der Waals surface area contributed by atoms with Crippen molar-refractivity contribution in [1.29, 1.82) is 0 Å². The Kier molecular flexibility index (Phi) is 2.32. The highest BCUT2D eigenvalue weighted by atomic mass is 14.7. The number of nitrogens with two attached hydrogens (primary N) is 1. The van der Waals surface area contributed by atoms with E-state index in [0.29, 0.717) is 5.92 Å². The number of nitrogens with zero attached hydrogens (tertiary/aromatic N) is 1. The first kappa shape index (κ1) is 8.70. The van der Waals surface area contributed by atoms with Gasteiger partial charge in [-0.3, -0.25) is 4.98 Å². The van der Waals surface area contributed by atoms with E-state index in [9.17, 15) is 0 Å². The molecule has 2 nitrogen and oxygen atoms in total. The quantitative estimate of drug-likeness (QED) is 0.763. The van der Waals surface area contributed by atoms with E-state index in [0.717, 1.165) is 18.2 Å². The molecule has 2 heteroatoms. The zero-order chi connectivity index (χ0) is 9.26. The van der Waals surface area contributed by atoms with E-state index in [1.165, 1.54) is 18.4 Å². The molecule has 0 amide bonds. The molecule has 1 aromatic heterocycles. The van der Waals surface area contributed by atoms with Crippen molar-refractivity contribution in [2.24, 2.45) is 11.7 Å². The zero-order valence-electron chi connectivity index (χ0n) is 8.03. The molecule has 0 bridgehead atoms. The summed E-state index contributed by atoms with van der Waals surface area (Å²) in [6.45, 7) is 2.77. The Hall–Kier alpha value is -0.890. The normalized spacial score (nSPS) is 18.6. The fourth-order valence-corrected chi connectivity index (χ4v) is 1.80. The van der Waals surface area contributed by atoms with Gasteiger partial charge in [-0.25, -0.2) is 0 Å². The van der Waals surface area contributed by atoms with Crippen molar-refractivity contribution in [1.82, 2.24) is 4.98 Å². The van der Waals surface area contributed by atoms with Crippen LogP contribution in [0.4, 0.5) is 0 Å². The largest absolute Gasteiger partial charge is 0.330 e. The van der Waals surface area contributed by atoms with Crippen molar-refractivity contribution in [2.45, 2.75) is 25.7 Å². The van der Waals surface area contributed by atoms with E-state index in [4.69, 9.17) is 5.73 Å². The summed E-state index contributed by atoms with van der Waals surface area (Å²) in [5, 5.41) is 0. The maximum atomic E-state index is 5.76. The van der Waals surface area contributed by atoms with Gasteiger partial charge < -0.3 is 5.73 Å². The molecule has 1 aromatic rings. The van der Waals surface area contributed by atoms with Crippen LogP contribution in [0.25, 0.3) is 0 Å². The smallest absolute Gasteiger partial charge is 0.0372 e. The monoisotopic (exact) mass is 176 g/mol. The minimum atomic E-state index is 0.549. The van der Waals surface area contributed by atoms with Gasteiger partial charge in [-0.1, -0.05) is 6.07 Å². The van der Waals surface area contributed by atoms with Gasteiger partial charge in [0.15, 0.2) is 0 Å². The standard InChI is InChI=1S/C11H16N2/c1-8-2-3-10(7-13-8)11(6-12)9-4-5-9/h2-3,7,9,11H,4-6,12H2,1H3. The van der Waals surface area contributed by atoms with Crippen molar-refractivity contribution >= 4 is 0 Å². The summed E-state index contributed by atoms with van der Waals surface area (Å²) < 4.78 is 0. The summed E-state index contributed by atoms with van der Waals surface area (Å²) in [5.41, 5.74) is 8.15. The molecule has 1 atom stereocenters. The van der Waals surface area contributed by atoms with Crippen LogP contribution in [-0.4, -0.2) is 11.5 Å². The lowest BCUT2D eigenvalue weighted by Crippen LogP contribution is -2.14. The topological polar surface area (TPSA) is 38.9 Å². The molecule has 0 aliphatic heterocycles. The summed E-state index contributed by atoms with van der Waals surface area (Å²) >= 11 is 0. The molecular weight excluding hydrogens is 160 g/mol. The molecule has 0 spiro atoms. The van der Waals surface area contributed by atoms with Gasteiger partial charge in [0.1, 0.15) is 0 Å². The Morgan fingerprint density at radius 2 is 2.31 bits per heavy atom. The van der Waals surface area contributed by atoms with Crippen molar-refractivity contribution < 1.29 is 0 Å². The predicted octanol–water partition coefficient (Wildman–Crippen LogP) is 1.84. The summed E-state index contributed by atoms with van der Waals surface area (Å²) in [4.78, 5) is 4.30. The van der Waals surface area contributed by atoms with E-state index >= 15 is 0 Å². The maximum absolute atomic E-state index is 5.76. The van der Waals surface area contributed by atoms with Gasteiger partial charge in [-0.15, -0.1) is 0 Å². The van der Waals surface area contributed by atoms with E-state index < -0.39 is 0 Å². The van der Waals surface area contributed by atoms with Gasteiger partial charge in [-0.05, 0) is 43.9 Å². The minimum Gasteiger partial charge on any atom is -0.330 e. The number of pyridine rings is 1. The van der Waals surface area contributed by atoms with Gasteiger partial charge in [0.2, 0.25) is 0 Å². The summed E-state index contributed by atoms with van der Waals surface area (Å²) in [6, 6.07) is 4.23. The molecule has 1 unspecified atom stereocenters. The van der Waals surface area contributed by atoms with Gasteiger partial charge >= 0.3 is 0 Å². The van der Waals surface area contributed by atoms with Crippen LogP contribution in [0.5, 0.6) is 0 Å². The predicted molar refractivity (Wildman–Crippen MR) is 53.5 cm³/mol. The fraction of sp³-hybridized carbons (Fsp3) is 0.545. The molecule has 0 radical (unpaired) electrons. The van der Waals surface area contributed by atoms with E-state index in [2.05, 4.69) is 17.1 Å². The lowest BCUT2D eigenvalue weighted by atomic mass is 9.96. The number of aryl methyl sites for hydroxylation is 1. The van der Waals surface area contributed by atoms with Crippen LogP contribution < -0.4 is 5.73 Å². The first-order valence-electron chi connectivity index (χ1n) is 4.94. The van der Waals surface area contributed by atoms with Crippen LogP contribution in [0.3, 0.4) is 0 Å². The zero-order valence-corrected chi connectivity index (χ0v) is 8.03. The lowest BCUT2D eigenvalue weighted by Gasteiger charge is -2.13. The van der Waals surface area contributed by atoms with Crippen molar-refractivity contribution in [3.05, 3.63) is 29.6 Å². The third-order valence-electron chi connectivity index (χ3n) is 2.81. The molecule has 70 valence electrons. The molecule has 13 heavy (non-hydrogen) atoms. The highest BCUT2D eigenvalue weighted by Crippen LogP contribution is 2.41. The molecular formula is C11H16N2. The number of aromatic nitrogens is 1. The molecule has 1 aliphatic carbocycles. The van der Waals surface area contributed by atoms with Gasteiger partial charge in [-0.2, -0.15) is 0 Å². The van der Waals surface area contributed by atoms with E-state index in [1.54, 1.807) is 0 Å². The minimum absolute atomic E-state index is 0.549. The average molecular weight is 176 g/mol. The highest BCUT2D eigenvalue weighted by Gasteiger charge is 2.31. The lowest BCUT2D eigenvalue weighted by molar-refractivity contribution is 0.613. The number of rotatable bonds is 3. The second kappa shape index (κ2) is 3.46. The Morgan fingerprint density at radius 3 is 2.77 bits per heavy atom. The van der Waals surface area contributed by atoms with Crippen LogP contribution in [-0.2, 0) is 0 Å². The van der Waals surface area contributed by atoms with Gasteiger partial charge in [0, 0.05) is 17.8 Å². The Labute approximate surface area is 79.2 Å². The first-order valence-corrected chi connectivity index (χ1v) is 4.94. The Bertz CT molecular complexity index is 275. The van der Waals surface area contributed by atoms with Gasteiger partial charge in [0.05, 0.1) is 0 Å². The molecule has 1 fully saturated rings. The van der Waals surface area contributed by atoms with Crippen LogP contribution >= 0.6 is 0 Å². The molecule has 1 aliphatic rings. The highest BCUT2D eigenvalue weighted by molar-refractivity contribution is 5.20. The summed E-state index contributed by atoms with van der Waals surface area (Å²) in [5.74, 6) is 1.38. The summed E-state index contributed by atoms with van der Waals surface area (Å²) in [7, 11) is 0. The van der Waals surface area contributed by atoms with Gasteiger partial charge in [0.25, 0.3) is 0 Å². The van der Waals surface area contributed by atoms with Crippen LogP contribution in [0, 0.1) is 12.8 Å². The Morgan fingerprint density at radius 1 is 1.54 bits per heavy atom. The van der Waals surface area contributed by atoms with Crippen molar-refractivity contribution in [2.75, 3.05) is 6.54 Å².